The molecule has 2 atom stereocenters. The van der Waals surface area contributed by atoms with Crippen molar-refractivity contribution >= 4 is 138 Å². The molecule has 0 bridgehead atoms. The first-order valence-electron chi connectivity index (χ1n) is 48.9. The van der Waals surface area contributed by atoms with Crippen LogP contribution in [0.25, 0.3) is 22.1 Å². The van der Waals surface area contributed by atoms with Gasteiger partial charge < -0.3 is 108 Å². The second-order valence-electron chi connectivity index (χ2n) is 34.0. The van der Waals surface area contributed by atoms with Crippen molar-refractivity contribution in [3.05, 3.63) is 94.6 Å². The van der Waals surface area contributed by atoms with Crippen molar-refractivity contribution < 1.29 is 151 Å². The summed E-state index contributed by atoms with van der Waals surface area (Å²) in [7, 11) is -2.61. The molecule has 11 N–H and O–H groups in total. The number of aryl methyl sites for hydroxylation is 4. The minimum absolute atomic E-state index is 0.000998. The molecule has 1 saturated heterocycles. The third kappa shape index (κ3) is 43.0. The van der Waals surface area contributed by atoms with E-state index in [-0.39, 0.29) is 218 Å². The fourth-order valence-corrected chi connectivity index (χ4v) is 15.4. The van der Waals surface area contributed by atoms with Crippen LogP contribution in [0.15, 0.2) is 60.7 Å². The summed E-state index contributed by atoms with van der Waals surface area (Å²) in [4.78, 5) is 220. The molecule has 2 aromatic carbocycles. The SMILES string of the molecule is CCn1nc(C)cc1C(=O)Nc1nc2cc(C(N)=O)cc(OC)c2n1C/C=C/Cn1c(NC(=O)c2cc(C)nn2CC)nc2cc(C(N)=O)cc(OCCCOC(=O)[C@H](C)NC(=O)CCOCCOCCNC(=O)CC[C@H](CC(=O)CN3C(=O)C=CC3=O)C(=O)NCC(=O)CCC(=O)NCC(=O)CCC(=O)CCCOCCOCCOCCOCCOCCOCCOCCOCCC(=O)N3CCN(CCS(=O)(=O)O)CC3)c21. The number of carbonyl (C=O) groups is 16. The molecule has 2 aliphatic rings. The van der Waals surface area contributed by atoms with E-state index in [1.54, 1.807) is 56.8 Å². The highest BCUT2D eigenvalue weighted by Crippen LogP contribution is 2.34. The molecule has 2 aliphatic heterocycles. The Labute approximate surface area is 855 Å². The van der Waals surface area contributed by atoms with Crippen LogP contribution in [0.2, 0.25) is 0 Å². The summed E-state index contributed by atoms with van der Waals surface area (Å²) in [6, 6.07) is 7.97. The third-order valence-electron chi connectivity index (χ3n) is 22.7. The molecule has 0 spiro atoms. The number of hydrogen-bond acceptors (Lipinski definition) is 36. The normalized spacial score (nSPS) is 13.2. The number of amides is 11. The van der Waals surface area contributed by atoms with Gasteiger partial charge in [-0.2, -0.15) is 18.6 Å². The van der Waals surface area contributed by atoms with Gasteiger partial charge in [0.05, 0.1) is 200 Å². The van der Waals surface area contributed by atoms with Crippen LogP contribution in [-0.2, 0) is 146 Å². The molecular weight excluding hydrogens is 1960 g/mol. The Morgan fingerprint density at radius 1 is 0.493 bits per heavy atom. The van der Waals surface area contributed by atoms with Crippen LogP contribution in [0.5, 0.6) is 11.5 Å². The maximum absolute atomic E-state index is 14.1. The van der Waals surface area contributed by atoms with Crippen molar-refractivity contribution in [2.24, 2.45) is 17.4 Å². The Bertz CT molecular complexity index is 5630. The molecule has 814 valence electrons. The van der Waals surface area contributed by atoms with Crippen LogP contribution in [0, 0.1) is 19.8 Å². The maximum Gasteiger partial charge on any atom is 0.328 e. The molecule has 8 rings (SSSR count). The average molecular weight is 2100 g/mol. The first kappa shape index (κ1) is 120. The van der Waals surface area contributed by atoms with E-state index in [1.807, 2.05) is 18.7 Å². The van der Waals surface area contributed by atoms with E-state index in [0.717, 1.165) is 12.2 Å². The summed E-state index contributed by atoms with van der Waals surface area (Å²) in [5, 5.41) is 24.6. The largest absolute Gasteiger partial charge is 0.494 e. The number of anilines is 2. The molecular formula is C96H137N19O32S. The number of piperazine rings is 1. The second-order valence-corrected chi connectivity index (χ2v) is 35.6. The number of carbonyl (C=O) groups excluding carboxylic acids is 16. The number of methoxy groups -OCH3 is 1. The lowest BCUT2D eigenvalue weighted by Gasteiger charge is -2.34. The highest BCUT2D eigenvalue weighted by atomic mass is 32.2. The highest BCUT2D eigenvalue weighted by molar-refractivity contribution is 7.85. The van der Waals surface area contributed by atoms with Crippen LogP contribution in [0.1, 0.15) is 151 Å². The van der Waals surface area contributed by atoms with Crippen molar-refractivity contribution in [2.75, 3.05) is 228 Å². The summed E-state index contributed by atoms with van der Waals surface area (Å²) in [6.45, 7) is 15.5. The zero-order valence-electron chi connectivity index (χ0n) is 84.5. The number of aromatic nitrogens is 8. The zero-order valence-corrected chi connectivity index (χ0v) is 85.3. The number of allylic oxidation sites excluding steroid dienone is 2. The Morgan fingerprint density at radius 2 is 0.953 bits per heavy atom. The number of nitrogens with two attached hydrogens (primary N) is 2. The van der Waals surface area contributed by atoms with Crippen LogP contribution in [-0.4, -0.2) is 384 Å². The molecule has 11 amide bonds. The number of benzene rings is 2. The van der Waals surface area contributed by atoms with Gasteiger partial charge in [-0.1, -0.05) is 12.2 Å². The van der Waals surface area contributed by atoms with Crippen LogP contribution in [0.3, 0.4) is 0 Å². The number of rotatable bonds is 78. The average Bonchev–Trinajstić information content (AvgIpc) is 1.62. The summed E-state index contributed by atoms with van der Waals surface area (Å²) in [5.41, 5.74) is 14.6. The number of esters is 1. The van der Waals surface area contributed by atoms with Crippen molar-refractivity contribution in [2.45, 2.75) is 144 Å². The molecule has 6 aromatic rings. The van der Waals surface area contributed by atoms with Crippen LogP contribution >= 0.6 is 0 Å². The molecule has 6 heterocycles. The predicted molar refractivity (Wildman–Crippen MR) is 529 cm³/mol. The van der Waals surface area contributed by atoms with Gasteiger partial charge in [0.2, 0.25) is 53.2 Å². The minimum Gasteiger partial charge on any atom is -0.494 e. The van der Waals surface area contributed by atoms with Crippen molar-refractivity contribution in [3.63, 3.8) is 0 Å². The Morgan fingerprint density at radius 3 is 1.45 bits per heavy atom. The molecule has 0 unspecified atom stereocenters. The number of imidazole rings is 2. The molecule has 0 aliphatic carbocycles. The van der Waals surface area contributed by atoms with Gasteiger partial charge in [0.15, 0.2) is 17.3 Å². The number of hydrogen-bond donors (Lipinski definition) is 9. The lowest BCUT2D eigenvalue weighted by Crippen LogP contribution is -2.49. The standard InChI is InChI=1S/C96H137N19O32S/c1-7-114-77(55-65(3)107-114)92(129)105-95-103-75-58-69(89(97)126)60-79(135-6)87(75)111(95)25-9-10-26-112-88-76(104-96(112)106-93(130)78-56-66(4)108-115(78)8-2)59-70(90(98)127)61-80(88)146-33-12-34-147-94(131)67(5)102-83(122)22-35-137-39-41-139-37-24-99-81(120)18-14-68(57-74(119)64-113-85(124)20-21-86(113)125)91(128)101-63-73(118)17-19-82(121)100-62-72(117)16-15-71(116)13-11-32-136-38-42-140-44-46-142-48-50-144-52-53-145-51-49-143-47-45-141-43-40-138-36-23-84(123)110-29-27-109(28-30-110)31-54-148(132,133)134/h9-10,20-21,55-56,58-61,67-68H,7-8,11-19,22-54,57,62-64H2,1-6H3,(H2,97,126)(H2,98,127)(H,99,120)(H,100,121)(H,101,128)(H,102,122)(H,103,105,129)(H,104,106,130)(H,132,133,134)/b10-9+/t67-,68+/m0/s1. The van der Waals surface area contributed by atoms with Gasteiger partial charge in [-0.05, 0) is 83.9 Å². The third-order valence-corrected chi connectivity index (χ3v) is 23.4. The molecule has 0 radical (unpaired) electrons. The highest BCUT2D eigenvalue weighted by Gasteiger charge is 2.32. The first-order chi connectivity index (χ1) is 71.1. The molecule has 148 heavy (non-hydrogen) atoms. The van der Waals surface area contributed by atoms with Crippen molar-refractivity contribution in [3.8, 4) is 11.5 Å². The smallest absolute Gasteiger partial charge is 0.328 e. The van der Waals surface area contributed by atoms with Crippen LogP contribution < -0.4 is 52.8 Å². The first-order valence-corrected chi connectivity index (χ1v) is 50.5. The number of nitrogens with one attached hydrogen (secondary N) is 6. The Kier molecular flexibility index (Phi) is 52.6. The van der Waals surface area contributed by atoms with E-state index in [0.29, 0.717) is 172 Å². The van der Waals surface area contributed by atoms with Crippen LogP contribution in [0.4, 0.5) is 11.9 Å². The summed E-state index contributed by atoms with van der Waals surface area (Å²) in [6.07, 6.45) is 4.44. The monoisotopic (exact) mass is 2100 g/mol. The number of Topliss-reactive ketones (excluding diaryl/α,β-unsaturated/α-hetero) is 4. The second kappa shape index (κ2) is 64.9. The number of nitrogens with zero attached hydrogens (tertiary/aromatic N) is 11. The molecule has 4 aromatic heterocycles. The number of ether oxygens (including phenoxy) is 13. The van der Waals surface area contributed by atoms with E-state index in [1.165, 1.54) is 43.0 Å². The maximum atomic E-state index is 14.1. The summed E-state index contributed by atoms with van der Waals surface area (Å²) >= 11 is 0. The van der Waals surface area contributed by atoms with E-state index in [2.05, 4.69) is 47.1 Å². The predicted octanol–water partition coefficient (Wildman–Crippen LogP) is 0.875. The fraction of sp³-hybridized carbons (Fsp3) is 0.583. The van der Waals surface area contributed by atoms with Gasteiger partial charge in [0, 0.05) is 159 Å². The Hall–Kier alpha value is -13.1. The van der Waals surface area contributed by atoms with Gasteiger partial charge in [0.25, 0.3) is 33.7 Å². The lowest BCUT2D eigenvalue weighted by molar-refractivity contribution is -0.147. The molecule has 1 fully saturated rings. The Balaban J connectivity index is 0.637. The quantitative estimate of drug-likeness (QED) is 0.00841. The fourth-order valence-electron chi connectivity index (χ4n) is 14.9. The van der Waals surface area contributed by atoms with Gasteiger partial charge in [0.1, 0.15) is 45.7 Å². The molecule has 51 nitrogen and oxygen atoms in total. The van der Waals surface area contributed by atoms with Gasteiger partial charge in [-0.3, -0.25) is 106 Å². The summed E-state index contributed by atoms with van der Waals surface area (Å²) in [5.74, 6) is -10.2. The number of ketones is 4. The zero-order chi connectivity index (χ0) is 107. The minimum atomic E-state index is -4.02. The van der Waals surface area contributed by atoms with E-state index in [4.69, 9.17) is 82.6 Å². The van der Waals surface area contributed by atoms with Gasteiger partial charge in [-0.25, -0.2) is 14.8 Å². The van der Waals surface area contributed by atoms with Crippen molar-refractivity contribution in [1.82, 2.24) is 74.6 Å². The summed E-state index contributed by atoms with van der Waals surface area (Å²) < 4.78 is 110. The lowest BCUT2D eigenvalue weighted by atomic mass is 9.95. The number of imide groups is 1. The van der Waals surface area contributed by atoms with E-state index >= 15 is 0 Å². The van der Waals surface area contributed by atoms with Gasteiger partial charge >= 0.3 is 5.97 Å². The van der Waals surface area contributed by atoms with Crippen molar-refractivity contribution in [1.29, 1.82) is 0 Å². The number of fused-ring (bicyclic) bond motifs is 2. The molecule has 0 saturated carbocycles. The van der Waals surface area contributed by atoms with E-state index in [9.17, 15) is 85.1 Å². The topological polar surface area (TPSA) is 653 Å². The van der Waals surface area contributed by atoms with Gasteiger partial charge in [-0.15, -0.1) is 0 Å². The molecule has 52 heteroatoms. The van der Waals surface area contributed by atoms with E-state index < -0.39 is 124 Å². The number of primary amides is 2.